The minimum Gasteiger partial charge on any atom is -0.469 e. The minimum atomic E-state index is -0.287. The van der Waals surface area contributed by atoms with E-state index in [1.54, 1.807) is 6.08 Å². The van der Waals surface area contributed by atoms with Crippen molar-refractivity contribution in [1.82, 2.24) is 0 Å². The maximum Gasteiger partial charge on any atom is 0.306 e. The molecule has 0 radical (unpaired) electrons. The monoisotopic (exact) mass is 296 g/mol. The van der Waals surface area contributed by atoms with Gasteiger partial charge in [0.15, 0.2) is 5.78 Å². The molecule has 3 nitrogen and oxygen atoms in total. The minimum absolute atomic E-state index is 0.0182. The molecule has 0 heterocycles. The van der Waals surface area contributed by atoms with Crippen LogP contribution in [0.4, 0.5) is 0 Å². The highest BCUT2D eigenvalue weighted by Gasteiger charge is 2.26. The van der Waals surface area contributed by atoms with Crippen LogP contribution in [0.15, 0.2) is 59.7 Å². The number of ketones is 1. The molecule has 2 rings (SSSR count). The number of rotatable bonds is 4. The van der Waals surface area contributed by atoms with Crippen LogP contribution in [0.1, 0.15) is 25.3 Å². The number of methoxy groups -OCH3 is 1. The van der Waals surface area contributed by atoms with E-state index in [0.29, 0.717) is 12.0 Å². The first-order valence-corrected chi connectivity index (χ1v) is 7.33. The number of hydrogen-bond donors (Lipinski definition) is 0. The van der Waals surface area contributed by atoms with Gasteiger partial charge in [0.25, 0.3) is 0 Å². The molecule has 0 fully saturated rings. The highest BCUT2D eigenvalue weighted by atomic mass is 16.5. The molecule has 0 aliphatic heterocycles. The largest absolute Gasteiger partial charge is 0.469 e. The van der Waals surface area contributed by atoms with Crippen LogP contribution in [-0.4, -0.2) is 18.9 Å². The Hall–Kier alpha value is -2.42. The van der Waals surface area contributed by atoms with Gasteiger partial charge >= 0.3 is 5.97 Å². The second-order valence-corrected chi connectivity index (χ2v) is 5.32. The van der Waals surface area contributed by atoms with E-state index in [-0.39, 0.29) is 24.1 Å². The van der Waals surface area contributed by atoms with Crippen LogP contribution < -0.4 is 0 Å². The van der Waals surface area contributed by atoms with E-state index in [1.807, 2.05) is 55.5 Å². The fraction of sp³-hybridized carbons (Fsp3) is 0.263. The first-order chi connectivity index (χ1) is 10.6. The van der Waals surface area contributed by atoms with E-state index in [4.69, 9.17) is 4.74 Å². The smallest absolute Gasteiger partial charge is 0.306 e. The quantitative estimate of drug-likeness (QED) is 0.628. The molecule has 22 heavy (non-hydrogen) atoms. The van der Waals surface area contributed by atoms with Crippen LogP contribution in [0.2, 0.25) is 0 Å². The van der Waals surface area contributed by atoms with Gasteiger partial charge in [-0.05, 0) is 30.6 Å². The zero-order chi connectivity index (χ0) is 15.9. The lowest BCUT2D eigenvalue weighted by atomic mass is 9.82. The number of ether oxygens (including phenoxy) is 1. The maximum atomic E-state index is 12.2. The average Bonchev–Trinajstić information content (AvgIpc) is 2.53. The lowest BCUT2D eigenvalue weighted by Gasteiger charge is -2.21. The lowest BCUT2D eigenvalue weighted by Crippen LogP contribution is -2.20. The molecule has 1 atom stereocenters. The third-order valence-corrected chi connectivity index (χ3v) is 3.75. The van der Waals surface area contributed by atoms with Crippen molar-refractivity contribution >= 4 is 17.8 Å². The molecule has 114 valence electrons. The number of benzene rings is 1. The average molecular weight is 296 g/mol. The van der Waals surface area contributed by atoms with Gasteiger partial charge in [-0.25, -0.2) is 0 Å². The number of esters is 1. The van der Waals surface area contributed by atoms with Crippen molar-refractivity contribution in [1.29, 1.82) is 0 Å². The van der Waals surface area contributed by atoms with E-state index < -0.39 is 0 Å². The predicted octanol–water partition coefficient (Wildman–Crippen LogP) is 3.72. The summed E-state index contributed by atoms with van der Waals surface area (Å²) in [6, 6.07) is 9.91. The van der Waals surface area contributed by atoms with E-state index in [1.165, 1.54) is 7.11 Å². The Morgan fingerprint density at radius 1 is 1.32 bits per heavy atom. The van der Waals surface area contributed by atoms with Crippen molar-refractivity contribution in [3.8, 4) is 0 Å². The predicted molar refractivity (Wildman–Crippen MR) is 87.1 cm³/mol. The van der Waals surface area contributed by atoms with Gasteiger partial charge in [-0.3, -0.25) is 9.59 Å². The molecule has 1 aromatic carbocycles. The summed E-state index contributed by atoms with van der Waals surface area (Å²) in [6.45, 7) is 1.91. The fourth-order valence-electron chi connectivity index (χ4n) is 2.61. The summed E-state index contributed by atoms with van der Waals surface area (Å²) in [6.07, 6.45) is 8.25. The van der Waals surface area contributed by atoms with Crippen molar-refractivity contribution in [3.05, 3.63) is 65.3 Å². The summed E-state index contributed by atoms with van der Waals surface area (Å²) in [4.78, 5) is 23.7. The standard InChI is InChI=1S/C19H20O3/c1-14(11-12-15-7-4-3-5-8-15)19-16(13-18(21)22-2)9-6-10-17(19)20/h3-8,10-12,16H,9,13H2,1-2H3. The van der Waals surface area contributed by atoms with Gasteiger partial charge in [0.1, 0.15) is 0 Å². The summed E-state index contributed by atoms with van der Waals surface area (Å²) < 4.78 is 4.73. The van der Waals surface area contributed by atoms with Crippen molar-refractivity contribution < 1.29 is 14.3 Å². The van der Waals surface area contributed by atoms with Gasteiger partial charge in [0, 0.05) is 11.5 Å². The van der Waals surface area contributed by atoms with Crippen molar-refractivity contribution in [2.24, 2.45) is 5.92 Å². The Kier molecular flexibility index (Phi) is 5.48. The summed E-state index contributed by atoms with van der Waals surface area (Å²) in [5.41, 5.74) is 2.68. The Labute approximate surface area is 131 Å². The van der Waals surface area contributed by atoms with E-state index >= 15 is 0 Å². The normalized spacial score (nSPS) is 20.3. The topological polar surface area (TPSA) is 43.4 Å². The van der Waals surface area contributed by atoms with Crippen LogP contribution in [0, 0.1) is 5.92 Å². The molecule has 0 bridgehead atoms. The number of carbonyl (C=O) groups excluding carboxylic acids is 2. The Balaban J connectivity index is 2.26. The molecule has 0 saturated carbocycles. The lowest BCUT2D eigenvalue weighted by molar-refractivity contribution is -0.141. The molecule has 0 N–H and O–H groups in total. The third-order valence-electron chi connectivity index (χ3n) is 3.75. The third kappa shape index (κ3) is 4.04. The molecule has 0 spiro atoms. The maximum absolute atomic E-state index is 12.2. The van der Waals surface area contributed by atoms with Gasteiger partial charge in [0.05, 0.1) is 13.5 Å². The molecular weight excluding hydrogens is 276 g/mol. The second kappa shape index (κ2) is 7.55. The van der Waals surface area contributed by atoms with Crippen molar-refractivity contribution in [2.45, 2.75) is 19.8 Å². The number of hydrogen-bond acceptors (Lipinski definition) is 3. The Bertz CT molecular complexity index is 636. The highest BCUT2D eigenvalue weighted by Crippen LogP contribution is 2.29. The molecule has 0 saturated heterocycles. The van der Waals surface area contributed by atoms with Crippen LogP contribution in [0.5, 0.6) is 0 Å². The van der Waals surface area contributed by atoms with Gasteiger partial charge in [0.2, 0.25) is 0 Å². The molecule has 0 aromatic heterocycles. The van der Waals surface area contributed by atoms with Gasteiger partial charge in [-0.1, -0.05) is 48.6 Å². The summed E-state index contributed by atoms with van der Waals surface area (Å²) in [7, 11) is 1.37. The first kappa shape index (κ1) is 16.0. The molecule has 1 aliphatic carbocycles. The Morgan fingerprint density at radius 3 is 2.73 bits per heavy atom. The fourth-order valence-corrected chi connectivity index (χ4v) is 2.61. The molecule has 0 amide bonds. The van der Waals surface area contributed by atoms with Gasteiger partial charge < -0.3 is 4.74 Å². The summed E-state index contributed by atoms with van der Waals surface area (Å²) >= 11 is 0. The second-order valence-electron chi connectivity index (χ2n) is 5.32. The summed E-state index contributed by atoms with van der Waals surface area (Å²) in [5, 5.41) is 0. The van der Waals surface area contributed by atoms with E-state index in [0.717, 1.165) is 11.1 Å². The van der Waals surface area contributed by atoms with Crippen molar-refractivity contribution in [2.75, 3.05) is 7.11 Å². The van der Waals surface area contributed by atoms with Crippen LogP contribution in [0.3, 0.4) is 0 Å². The number of carbonyl (C=O) groups is 2. The summed E-state index contributed by atoms with van der Waals surface area (Å²) in [5.74, 6) is -0.411. The zero-order valence-electron chi connectivity index (χ0n) is 12.9. The van der Waals surface area contributed by atoms with Crippen molar-refractivity contribution in [3.63, 3.8) is 0 Å². The molecule has 1 aliphatic rings. The van der Waals surface area contributed by atoms with E-state index in [2.05, 4.69) is 0 Å². The molecule has 1 aromatic rings. The highest BCUT2D eigenvalue weighted by molar-refractivity contribution is 6.06. The van der Waals surface area contributed by atoms with Gasteiger partial charge in [-0.2, -0.15) is 0 Å². The van der Waals surface area contributed by atoms with Crippen LogP contribution in [0.25, 0.3) is 6.08 Å². The van der Waals surface area contributed by atoms with Crippen LogP contribution in [-0.2, 0) is 14.3 Å². The molecule has 1 unspecified atom stereocenters. The SMILES string of the molecule is COC(=O)CC1CC=CC(=O)C1=C(C)C=Cc1ccccc1. The zero-order valence-corrected chi connectivity index (χ0v) is 12.9. The first-order valence-electron chi connectivity index (χ1n) is 7.33. The molecule has 3 heteroatoms. The van der Waals surface area contributed by atoms with E-state index in [9.17, 15) is 9.59 Å². The van der Waals surface area contributed by atoms with Crippen LogP contribution >= 0.6 is 0 Å². The molecular formula is C19H20O3. The Morgan fingerprint density at radius 2 is 2.05 bits per heavy atom. The van der Waals surface area contributed by atoms with Gasteiger partial charge in [-0.15, -0.1) is 0 Å². The number of allylic oxidation sites excluding steroid dienone is 5.